The number of hydrogen-bond acceptors (Lipinski definition) is 3. The quantitative estimate of drug-likeness (QED) is 0.742. The third-order valence-electron chi connectivity index (χ3n) is 1.60. The normalized spacial score (nSPS) is 11.0. The van der Waals surface area contributed by atoms with Gasteiger partial charge in [-0.05, 0) is 12.3 Å². The standard InChI is InChI=1S/C8H14N2OS/c1-5(2)3-6-7(4-9)12-8(11)10-6/h5H,3-4,9H2,1-2H3,(H,10,11). The van der Waals surface area contributed by atoms with Gasteiger partial charge in [0.1, 0.15) is 0 Å². The van der Waals surface area contributed by atoms with Crippen molar-refractivity contribution >= 4 is 11.3 Å². The molecule has 0 unspecified atom stereocenters. The summed E-state index contributed by atoms with van der Waals surface area (Å²) in [6.45, 7) is 4.71. The molecule has 1 heterocycles. The number of H-pyrrole nitrogens is 1. The Labute approximate surface area is 75.6 Å². The fourth-order valence-electron chi connectivity index (χ4n) is 1.13. The average Bonchev–Trinajstić information content (AvgIpc) is 2.29. The van der Waals surface area contributed by atoms with E-state index in [4.69, 9.17) is 5.73 Å². The predicted octanol–water partition coefficient (Wildman–Crippen LogP) is 1.09. The lowest BCUT2D eigenvalue weighted by Crippen LogP contribution is -2.03. The van der Waals surface area contributed by atoms with E-state index < -0.39 is 0 Å². The largest absolute Gasteiger partial charge is 0.326 e. The molecule has 0 bridgehead atoms. The van der Waals surface area contributed by atoms with Crippen LogP contribution in [0.3, 0.4) is 0 Å². The predicted molar refractivity (Wildman–Crippen MR) is 51.4 cm³/mol. The Bertz CT molecular complexity index is 300. The van der Waals surface area contributed by atoms with E-state index in [1.54, 1.807) is 0 Å². The van der Waals surface area contributed by atoms with Crippen molar-refractivity contribution in [1.29, 1.82) is 0 Å². The second kappa shape index (κ2) is 3.87. The van der Waals surface area contributed by atoms with Crippen molar-refractivity contribution in [1.82, 2.24) is 4.98 Å². The lowest BCUT2D eigenvalue weighted by molar-refractivity contribution is 0.633. The van der Waals surface area contributed by atoms with Crippen LogP contribution in [-0.4, -0.2) is 4.98 Å². The van der Waals surface area contributed by atoms with Gasteiger partial charge in [-0.25, -0.2) is 0 Å². The summed E-state index contributed by atoms with van der Waals surface area (Å²) in [7, 11) is 0. The highest BCUT2D eigenvalue weighted by Crippen LogP contribution is 2.12. The van der Waals surface area contributed by atoms with Crippen LogP contribution in [-0.2, 0) is 13.0 Å². The van der Waals surface area contributed by atoms with Crippen molar-refractivity contribution in [2.24, 2.45) is 11.7 Å². The van der Waals surface area contributed by atoms with Crippen LogP contribution in [0.25, 0.3) is 0 Å². The lowest BCUT2D eigenvalue weighted by Gasteiger charge is -2.02. The topological polar surface area (TPSA) is 58.9 Å². The van der Waals surface area contributed by atoms with Gasteiger partial charge < -0.3 is 10.7 Å². The summed E-state index contributed by atoms with van der Waals surface area (Å²) in [5.41, 5.74) is 6.51. The van der Waals surface area contributed by atoms with Crippen molar-refractivity contribution in [3.8, 4) is 0 Å². The summed E-state index contributed by atoms with van der Waals surface area (Å²) in [4.78, 5) is 14.8. The first kappa shape index (κ1) is 9.48. The van der Waals surface area contributed by atoms with Crippen LogP contribution in [0.2, 0.25) is 0 Å². The fourth-order valence-corrected chi connectivity index (χ4v) is 1.87. The third kappa shape index (κ3) is 2.19. The Balaban J connectivity index is 2.89. The number of nitrogens with one attached hydrogen (secondary N) is 1. The molecule has 4 heteroatoms. The maximum Gasteiger partial charge on any atom is 0.304 e. The SMILES string of the molecule is CC(C)Cc1[nH]c(=O)sc1CN. The highest BCUT2D eigenvalue weighted by molar-refractivity contribution is 7.09. The smallest absolute Gasteiger partial charge is 0.304 e. The minimum absolute atomic E-state index is 0.00565. The summed E-state index contributed by atoms with van der Waals surface area (Å²) < 4.78 is 0. The van der Waals surface area contributed by atoms with Gasteiger partial charge in [0.2, 0.25) is 0 Å². The van der Waals surface area contributed by atoms with Gasteiger partial charge in [-0.2, -0.15) is 0 Å². The Morgan fingerprint density at radius 1 is 1.58 bits per heavy atom. The van der Waals surface area contributed by atoms with E-state index in [9.17, 15) is 4.79 Å². The second-order valence-corrected chi connectivity index (χ2v) is 4.29. The van der Waals surface area contributed by atoms with E-state index in [1.165, 1.54) is 11.3 Å². The first-order chi connectivity index (χ1) is 5.63. The van der Waals surface area contributed by atoms with Crippen molar-refractivity contribution in [3.63, 3.8) is 0 Å². The summed E-state index contributed by atoms with van der Waals surface area (Å²) in [6.07, 6.45) is 0.908. The Kier molecular flexibility index (Phi) is 3.05. The number of aromatic amines is 1. The molecule has 3 nitrogen and oxygen atoms in total. The third-order valence-corrected chi connectivity index (χ3v) is 2.55. The molecule has 0 aliphatic heterocycles. The van der Waals surface area contributed by atoms with Crippen LogP contribution in [0.5, 0.6) is 0 Å². The lowest BCUT2D eigenvalue weighted by atomic mass is 10.1. The molecule has 0 spiro atoms. The van der Waals surface area contributed by atoms with E-state index in [0.717, 1.165) is 17.0 Å². The summed E-state index contributed by atoms with van der Waals surface area (Å²) in [5.74, 6) is 0.556. The van der Waals surface area contributed by atoms with Gasteiger partial charge in [0.15, 0.2) is 0 Å². The molecule has 0 radical (unpaired) electrons. The van der Waals surface area contributed by atoms with Gasteiger partial charge in [-0.3, -0.25) is 4.79 Å². The van der Waals surface area contributed by atoms with Crippen LogP contribution in [0, 0.1) is 5.92 Å². The van der Waals surface area contributed by atoms with Crippen LogP contribution in [0.1, 0.15) is 24.4 Å². The summed E-state index contributed by atoms with van der Waals surface area (Å²) in [6, 6.07) is 0. The highest BCUT2D eigenvalue weighted by Gasteiger charge is 2.07. The number of hydrogen-bond donors (Lipinski definition) is 2. The molecule has 68 valence electrons. The molecule has 0 atom stereocenters. The first-order valence-corrected chi connectivity index (χ1v) is 4.86. The van der Waals surface area contributed by atoms with Crippen LogP contribution < -0.4 is 10.6 Å². The maximum absolute atomic E-state index is 11.0. The Morgan fingerprint density at radius 2 is 2.25 bits per heavy atom. The van der Waals surface area contributed by atoms with Crippen LogP contribution in [0.15, 0.2) is 4.79 Å². The van der Waals surface area contributed by atoms with Crippen molar-refractivity contribution in [2.75, 3.05) is 0 Å². The van der Waals surface area contributed by atoms with E-state index in [-0.39, 0.29) is 4.87 Å². The maximum atomic E-state index is 11.0. The molecular weight excluding hydrogens is 172 g/mol. The molecule has 0 aliphatic carbocycles. The molecule has 0 amide bonds. The Morgan fingerprint density at radius 3 is 2.75 bits per heavy atom. The molecule has 1 aromatic heterocycles. The Hall–Kier alpha value is -0.610. The minimum Gasteiger partial charge on any atom is -0.326 e. The van der Waals surface area contributed by atoms with Gasteiger partial charge in [0, 0.05) is 17.1 Å². The van der Waals surface area contributed by atoms with E-state index >= 15 is 0 Å². The van der Waals surface area contributed by atoms with Crippen LogP contribution >= 0.6 is 11.3 Å². The summed E-state index contributed by atoms with van der Waals surface area (Å²) >= 11 is 1.22. The van der Waals surface area contributed by atoms with Crippen molar-refractivity contribution < 1.29 is 0 Å². The minimum atomic E-state index is 0.00565. The molecule has 0 fully saturated rings. The van der Waals surface area contributed by atoms with E-state index in [2.05, 4.69) is 18.8 Å². The van der Waals surface area contributed by atoms with Gasteiger partial charge in [-0.1, -0.05) is 25.2 Å². The number of aromatic nitrogens is 1. The zero-order chi connectivity index (χ0) is 9.14. The molecule has 1 rings (SSSR count). The molecular formula is C8H14N2OS. The molecule has 1 aromatic rings. The molecule has 0 aliphatic rings. The van der Waals surface area contributed by atoms with Gasteiger partial charge in [0.05, 0.1) is 0 Å². The van der Waals surface area contributed by atoms with Crippen molar-refractivity contribution in [2.45, 2.75) is 26.8 Å². The fraction of sp³-hybridized carbons (Fsp3) is 0.625. The first-order valence-electron chi connectivity index (χ1n) is 4.04. The van der Waals surface area contributed by atoms with Gasteiger partial charge >= 0.3 is 4.87 Å². The highest BCUT2D eigenvalue weighted by atomic mass is 32.1. The van der Waals surface area contributed by atoms with Crippen molar-refractivity contribution in [3.05, 3.63) is 20.2 Å². The van der Waals surface area contributed by atoms with E-state index in [0.29, 0.717) is 12.5 Å². The number of rotatable bonds is 3. The monoisotopic (exact) mass is 186 g/mol. The zero-order valence-electron chi connectivity index (χ0n) is 7.39. The molecule has 12 heavy (non-hydrogen) atoms. The summed E-state index contributed by atoms with van der Waals surface area (Å²) in [5, 5.41) is 0. The average molecular weight is 186 g/mol. The van der Waals surface area contributed by atoms with E-state index in [1.807, 2.05) is 0 Å². The molecule has 0 aromatic carbocycles. The van der Waals surface area contributed by atoms with Gasteiger partial charge in [-0.15, -0.1) is 0 Å². The molecule has 0 saturated heterocycles. The molecule has 3 N–H and O–H groups in total. The number of nitrogens with two attached hydrogens (primary N) is 1. The molecule has 0 saturated carbocycles. The van der Waals surface area contributed by atoms with Gasteiger partial charge in [0.25, 0.3) is 0 Å². The number of thiazole rings is 1. The van der Waals surface area contributed by atoms with Crippen LogP contribution in [0.4, 0.5) is 0 Å². The zero-order valence-corrected chi connectivity index (χ0v) is 8.20. The second-order valence-electron chi connectivity index (χ2n) is 3.22.